The van der Waals surface area contributed by atoms with Gasteiger partial charge in [-0.15, -0.1) is 0 Å². The Kier molecular flexibility index (Phi) is 4.53. The number of aryl methyl sites for hydroxylation is 2. The molecule has 0 radical (unpaired) electrons. The first kappa shape index (κ1) is 17.7. The molecule has 28 heavy (non-hydrogen) atoms. The number of pyridine rings is 2. The summed E-state index contributed by atoms with van der Waals surface area (Å²) < 4.78 is 0. The van der Waals surface area contributed by atoms with Gasteiger partial charge in [0.05, 0.1) is 22.8 Å². The van der Waals surface area contributed by atoms with Gasteiger partial charge in [-0.25, -0.2) is 9.97 Å². The minimum atomic E-state index is 0.196. The molecule has 138 valence electrons. The van der Waals surface area contributed by atoms with Gasteiger partial charge in [-0.2, -0.15) is 0 Å². The lowest BCUT2D eigenvalue weighted by Crippen LogP contribution is -1.96. The van der Waals surface area contributed by atoms with Crippen LogP contribution >= 0.6 is 0 Å². The Bertz CT molecular complexity index is 1080. The first-order valence-electron chi connectivity index (χ1n) is 9.07. The Morgan fingerprint density at radius 3 is 1.32 bits per heavy atom. The summed E-state index contributed by atoms with van der Waals surface area (Å²) in [5.74, 6) is 0.393. The Morgan fingerprint density at radius 1 is 0.536 bits per heavy atom. The van der Waals surface area contributed by atoms with E-state index in [2.05, 4.69) is 0 Å². The van der Waals surface area contributed by atoms with Gasteiger partial charge in [0.2, 0.25) is 0 Å². The van der Waals surface area contributed by atoms with Gasteiger partial charge in [0.1, 0.15) is 11.5 Å². The number of nitrogens with zero attached hydrogens (tertiary/aromatic N) is 2. The van der Waals surface area contributed by atoms with E-state index < -0.39 is 0 Å². The number of phenols is 2. The summed E-state index contributed by atoms with van der Waals surface area (Å²) in [5, 5.41) is 20.5. The van der Waals surface area contributed by atoms with Gasteiger partial charge < -0.3 is 10.2 Å². The number of aromatic hydroxyl groups is 2. The van der Waals surface area contributed by atoms with Crippen molar-refractivity contribution in [3.8, 4) is 45.4 Å². The maximum atomic E-state index is 10.2. The van der Waals surface area contributed by atoms with Crippen LogP contribution in [0.1, 0.15) is 11.1 Å². The Morgan fingerprint density at radius 2 is 0.929 bits per heavy atom. The van der Waals surface area contributed by atoms with E-state index in [-0.39, 0.29) is 11.5 Å². The summed E-state index contributed by atoms with van der Waals surface area (Å²) in [6, 6.07) is 22.2. The number of benzene rings is 2. The zero-order chi connectivity index (χ0) is 19.7. The van der Waals surface area contributed by atoms with Crippen molar-refractivity contribution in [3.63, 3.8) is 0 Å². The fourth-order valence-corrected chi connectivity index (χ4v) is 3.24. The van der Waals surface area contributed by atoms with E-state index in [1.807, 2.05) is 62.4 Å². The molecular formula is C24H20N2O2. The number of para-hydroxylation sites is 2. The van der Waals surface area contributed by atoms with Crippen molar-refractivity contribution < 1.29 is 10.2 Å². The third kappa shape index (κ3) is 3.21. The van der Waals surface area contributed by atoms with Crippen LogP contribution in [0.2, 0.25) is 0 Å². The summed E-state index contributed by atoms with van der Waals surface area (Å²) >= 11 is 0. The van der Waals surface area contributed by atoms with Crippen molar-refractivity contribution >= 4 is 0 Å². The van der Waals surface area contributed by atoms with Gasteiger partial charge >= 0.3 is 0 Å². The van der Waals surface area contributed by atoms with Crippen molar-refractivity contribution in [3.05, 3.63) is 83.9 Å². The average Bonchev–Trinajstić information content (AvgIpc) is 2.70. The topological polar surface area (TPSA) is 66.2 Å². The number of hydrogen-bond acceptors (Lipinski definition) is 4. The largest absolute Gasteiger partial charge is 0.507 e. The summed E-state index contributed by atoms with van der Waals surface area (Å²) in [4.78, 5) is 9.55. The lowest BCUT2D eigenvalue weighted by atomic mass is 10.0. The van der Waals surface area contributed by atoms with Gasteiger partial charge in [-0.1, -0.05) is 36.4 Å². The Balaban J connectivity index is 1.85. The van der Waals surface area contributed by atoms with E-state index in [1.54, 1.807) is 24.3 Å². The lowest BCUT2D eigenvalue weighted by molar-refractivity contribution is 0.476. The first-order chi connectivity index (χ1) is 13.5. The van der Waals surface area contributed by atoms with Gasteiger partial charge in [0.25, 0.3) is 0 Å². The van der Waals surface area contributed by atoms with Crippen molar-refractivity contribution in [2.45, 2.75) is 13.8 Å². The minimum Gasteiger partial charge on any atom is -0.507 e. The van der Waals surface area contributed by atoms with E-state index in [4.69, 9.17) is 9.97 Å². The first-order valence-corrected chi connectivity index (χ1v) is 9.07. The van der Waals surface area contributed by atoms with Crippen LogP contribution in [-0.2, 0) is 0 Å². The van der Waals surface area contributed by atoms with Crippen LogP contribution < -0.4 is 0 Å². The molecule has 0 saturated heterocycles. The van der Waals surface area contributed by atoms with Gasteiger partial charge in [-0.3, -0.25) is 0 Å². The number of phenolic OH excluding ortho intramolecular Hbond substituents is 2. The fourth-order valence-electron chi connectivity index (χ4n) is 3.24. The molecule has 0 atom stereocenters. The molecular weight excluding hydrogens is 348 g/mol. The van der Waals surface area contributed by atoms with Crippen LogP contribution in [0.4, 0.5) is 0 Å². The van der Waals surface area contributed by atoms with Crippen LogP contribution in [-0.4, -0.2) is 20.2 Å². The smallest absolute Gasteiger partial charge is 0.124 e. The van der Waals surface area contributed by atoms with Crippen LogP contribution in [0, 0.1) is 13.8 Å². The number of hydrogen-bond donors (Lipinski definition) is 2. The van der Waals surface area contributed by atoms with Crippen molar-refractivity contribution in [1.82, 2.24) is 9.97 Å². The average molecular weight is 368 g/mol. The minimum absolute atomic E-state index is 0.196. The number of aromatic nitrogens is 2. The summed E-state index contributed by atoms with van der Waals surface area (Å²) in [6.45, 7) is 3.93. The molecule has 0 aliphatic rings. The molecule has 4 aromatic rings. The van der Waals surface area contributed by atoms with Crippen LogP contribution in [0.25, 0.3) is 33.9 Å². The molecule has 0 spiro atoms. The highest BCUT2D eigenvalue weighted by Gasteiger charge is 2.14. The number of rotatable bonds is 3. The van der Waals surface area contributed by atoms with E-state index in [1.165, 1.54) is 0 Å². The second-order valence-corrected chi connectivity index (χ2v) is 6.76. The second-order valence-electron chi connectivity index (χ2n) is 6.76. The van der Waals surface area contributed by atoms with E-state index in [9.17, 15) is 10.2 Å². The highest BCUT2D eigenvalue weighted by molar-refractivity contribution is 5.74. The predicted octanol–water partition coefficient (Wildman–Crippen LogP) is 5.51. The molecule has 2 aromatic carbocycles. The summed E-state index contributed by atoms with van der Waals surface area (Å²) in [7, 11) is 0. The Hall–Kier alpha value is -3.66. The predicted molar refractivity (Wildman–Crippen MR) is 111 cm³/mol. The molecule has 4 rings (SSSR count). The second kappa shape index (κ2) is 7.16. The molecule has 4 heteroatoms. The molecule has 2 aromatic heterocycles. The molecule has 4 nitrogen and oxygen atoms in total. The quantitative estimate of drug-likeness (QED) is 0.501. The lowest BCUT2D eigenvalue weighted by Gasteiger charge is -2.12. The molecule has 2 N–H and O–H groups in total. The molecule has 0 unspecified atom stereocenters. The molecule has 0 bridgehead atoms. The Labute approximate surface area is 163 Å². The third-order valence-corrected chi connectivity index (χ3v) is 4.77. The van der Waals surface area contributed by atoms with Gasteiger partial charge in [0, 0.05) is 11.1 Å². The third-order valence-electron chi connectivity index (χ3n) is 4.77. The standard InChI is InChI=1S/C24H20N2O2/c1-15-11-13-19(25-23(15)17-7-3-5-9-21(17)27)20-14-12-16(2)24(26-20)18-8-4-6-10-22(18)28/h3-14,27-28H,1-2H3. The van der Waals surface area contributed by atoms with Crippen molar-refractivity contribution in [2.75, 3.05) is 0 Å². The molecule has 0 aliphatic heterocycles. The maximum Gasteiger partial charge on any atom is 0.124 e. The van der Waals surface area contributed by atoms with Crippen LogP contribution in [0.3, 0.4) is 0 Å². The van der Waals surface area contributed by atoms with E-state index in [0.717, 1.165) is 22.5 Å². The fraction of sp³-hybridized carbons (Fsp3) is 0.0833. The molecule has 0 amide bonds. The monoisotopic (exact) mass is 368 g/mol. The summed E-state index contributed by atoms with van der Waals surface area (Å²) in [6.07, 6.45) is 0. The van der Waals surface area contributed by atoms with Gasteiger partial charge in [-0.05, 0) is 61.4 Å². The molecule has 0 aliphatic carbocycles. The molecule has 2 heterocycles. The van der Waals surface area contributed by atoms with Crippen molar-refractivity contribution in [1.29, 1.82) is 0 Å². The van der Waals surface area contributed by atoms with Gasteiger partial charge in [0.15, 0.2) is 0 Å². The van der Waals surface area contributed by atoms with Crippen molar-refractivity contribution in [2.24, 2.45) is 0 Å². The summed E-state index contributed by atoms with van der Waals surface area (Å²) in [5.41, 5.74) is 6.19. The molecule has 0 fully saturated rings. The zero-order valence-corrected chi connectivity index (χ0v) is 15.7. The normalized spacial score (nSPS) is 10.8. The van der Waals surface area contributed by atoms with E-state index in [0.29, 0.717) is 22.5 Å². The zero-order valence-electron chi connectivity index (χ0n) is 15.7. The van der Waals surface area contributed by atoms with E-state index >= 15 is 0 Å². The maximum absolute atomic E-state index is 10.2. The van der Waals surface area contributed by atoms with Crippen LogP contribution in [0.15, 0.2) is 72.8 Å². The SMILES string of the molecule is Cc1ccc(-c2ccc(C)c(-c3ccccc3O)n2)nc1-c1ccccc1O. The highest BCUT2D eigenvalue weighted by Crippen LogP contribution is 2.33. The molecule has 0 saturated carbocycles. The van der Waals surface area contributed by atoms with Crippen LogP contribution in [0.5, 0.6) is 11.5 Å². The highest BCUT2D eigenvalue weighted by atomic mass is 16.3.